The summed E-state index contributed by atoms with van der Waals surface area (Å²) in [6.45, 7) is 0.794. The van der Waals surface area contributed by atoms with E-state index in [4.69, 9.17) is 9.47 Å². The summed E-state index contributed by atoms with van der Waals surface area (Å²) in [4.78, 5) is 47.3. The molecular formula is C26H23F2N5O5. The van der Waals surface area contributed by atoms with Crippen LogP contribution in [0.5, 0.6) is 0 Å². The fourth-order valence-electron chi connectivity index (χ4n) is 4.39. The molecule has 0 radical (unpaired) electrons. The van der Waals surface area contributed by atoms with Crippen LogP contribution in [0.3, 0.4) is 0 Å². The van der Waals surface area contributed by atoms with E-state index in [0.717, 1.165) is 12.1 Å². The van der Waals surface area contributed by atoms with Crippen molar-refractivity contribution in [1.29, 1.82) is 0 Å². The van der Waals surface area contributed by atoms with E-state index in [1.807, 2.05) is 0 Å². The van der Waals surface area contributed by atoms with Gasteiger partial charge in [-0.2, -0.15) is 0 Å². The maximum Gasteiger partial charge on any atom is 0.331 e. The van der Waals surface area contributed by atoms with E-state index < -0.39 is 29.6 Å². The number of amides is 2. The van der Waals surface area contributed by atoms with E-state index in [2.05, 4.69) is 20.6 Å². The van der Waals surface area contributed by atoms with Gasteiger partial charge in [0.15, 0.2) is 11.9 Å². The molecule has 2 aromatic carbocycles. The second-order valence-corrected chi connectivity index (χ2v) is 8.70. The van der Waals surface area contributed by atoms with Gasteiger partial charge in [0.05, 0.1) is 44.5 Å². The van der Waals surface area contributed by atoms with Crippen LogP contribution in [-0.4, -0.2) is 65.6 Å². The zero-order valence-corrected chi connectivity index (χ0v) is 20.3. The van der Waals surface area contributed by atoms with Gasteiger partial charge >= 0.3 is 5.97 Å². The lowest BCUT2D eigenvalue weighted by atomic mass is 10.1. The van der Waals surface area contributed by atoms with E-state index in [1.165, 1.54) is 18.1 Å². The summed E-state index contributed by atoms with van der Waals surface area (Å²) in [5.41, 5.74) is 1.33. The molecule has 2 amide bonds. The van der Waals surface area contributed by atoms with Crippen molar-refractivity contribution in [2.45, 2.75) is 19.0 Å². The van der Waals surface area contributed by atoms with Crippen LogP contribution in [0, 0.1) is 11.6 Å². The van der Waals surface area contributed by atoms with Crippen molar-refractivity contribution in [3.63, 3.8) is 0 Å². The third-order valence-electron chi connectivity index (χ3n) is 6.31. The fraction of sp³-hybridized carbons (Fsp3) is 0.269. The second kappa shape index (κ2) is 10.5. The molecule has 0 saturated carbocycles. The van der Waals surface area contributed by atoms with Crippen LogP contribution < -0.4 is 10.6 Å². The first kappa shape index (κ1) is 25.2. The number of hydrogen-bond acceptors (Lipinski definition) is 8. The predicted octanol–water partition coefficient (Wildman–Crippen LogP) is 2.35. The van der Waals surface area contributed by atoms with Gasteiger partial charge in [0.1, 0.15) is 23.0 Å². The van der Waals surface area contributed by atoms with Gasteiger partial charge in [-0.25, -0.2) is 23.5 Å². The Bertz CT molecular complexity index is 1400. The highest BCUT2D eigenvalue weighted by molar-refractivity contribution is 6.03. The van der Waals surface area contributed by atoms with Crippen molar-refractivity contribution in [2.24, 2.45) is 0 Å². The molecule has 38 heavy (non-hydrogen) atoms. The first-order valence-electron chi connectivity index (χ1n) is 11.8. The lowest BCUT2D eigenvalue weighted by molar-refractivity contribution is -0.160. The third-order valence-corrected chi connectivity index (χ3v) is 6.31. The molecule has 2 N–H and O–H groups in total. The predicted molar refractivity (Wildman–Crippen MR) is 130 cm³/mol. The standard InChI is InChI=1S/C26H23F2N5O5/c1-37-26(36)19-13-38-10-9-33(19)20(34)11-14-5-7-15(8-6-14)30-24-22-18(12-29-25(22)35)31-23(32-24)21-16(27)3-2-4-17(21)28/h2-8,19H,9-13H2,1H3,(H,29,35)(H,30,31,32). The number of esters is 1. The number of nitrogens with zero attached hydrogens (tertiary/aromatic N) is 3. The Morgan fingerprint density at radius 2 is 1.87 bits per heavy atom. The van der Waals surface area contributed by atoms with E-state index in [0.29, 0.717) is 23.6 Å². The topological polar surface area (TPSA) is 123 Å². The van der Waals surface area contributed by atoms with Crippen LogP contribution in [0.15, 0.2) is 42.5 Å². The first-order chi connectivity index (χ1) is 18.4. The van der Waals surface area contributed by atoms with Crippen LogP contribution >= 0.6 is 0 Å². The molecule has 0 aliphatic carbocycles. The van der Waals surface area contributed by atoms with Crippen LogP contribution in [-0.2, 0) is 32.0 Å². The van der Waals surface area contributed by atoms with Gasteiger partial charge in [0.2, 0.25) is 5.91 Å². The number of fused-ring (bicyclic) bond motifs is 1. The van der Waals surface area contributed by atoms with Gasteiger partial charge in [-0.15, -0.1) is 0 Å². The average molecular weight is 523 g/mol. The molecule has 3 aromatic rings. The molecule has 12 heteroatoms. The molecule has 0 bridgehead atoms. The molecular weight excluding hydrogens is 500 g/mol. The smallest absolute Gasteiger partial charge is 0.331 e. The maximum atomic E-state index is 14.4. The molecule has 1 saturated heterocycles. The number of carbonyl (C=O) groups excluding carboxylic acids is 3. The maximum absolute atomic E-state index is 14.4. The van der Waals surface area contributed by atoms with Gasteiger partial charge in [-0.3, -0.25) is 9.59 Å². The van der Waals surface area contributed by atoms with E-state index in [1.54, 1.807) is 24.3 Å². The van der Waals surface area contributed by atoms with Crippen LogP contribution in [0.25, 0.3) is 11.4 Å². The molecule has 10 nitrogen and oxygen atoms in total. The van der Waals surface area contributed by atoms with Crippen LogP contribution in [0.1, 0.15) is 21.6 Å². The second-order valence-electron chi connectivity index (χ2n) is 8.70. The summed E-state index contributed by atoms with van der Waals surface area (Å²) >= 11 is 0. The Morgan fingerprint density at radius 3 is 2.58 bits per heavy atom. The average Bonchev–Trinajstić information content (AvgIpc) is 3.30. The van der Waals surface area contributed by atoms with Crippen molar-refractivity contribution in [3.8, 4) is 11.4 Å². The number of rotatable bonds is 6. The first-order valence-corrected chi connectivity index (χ1v) is 11.8. The number of hydrogen-bond donors (Lipinski definition) is 2. The molecule has 1 unspecified atom stereocenters. The van der Waals surface area contributed by atoms with E-state index >= 15 is 0 Å². The number of aromatic nitrogens is 2. The molecule has 2 aliphatic rings. The fourth-order valence-corrected chi connectivity index (χ4v) is 4.39. The van der Waals surface area contributed by atoms with Crippen molar-refractivity contribution in [1.82, 2.24) is 20.2 Å². The quantitative estimate of drug-likeness (QED) is 0.472. The van der Waals surface area contributed by atoms with Gasteiger partial charge < -0.3 is 25.0 Å². The molecule has 196 valence electrons. The number of methoxy groups -OCH3 is 1. The summed E-state index contributed by atoms with van der Waals surface area (Å²) in [5.74, 6) is -2.92. The Morgan fingerprint density at radius 1 is 1.13 bits per heavy atom. The minimum atomic E-state index is -0.822. The monoisotopic (exact) mass is 523 g/mol. The minimum Gasteiger partial charge on any atom is -0.467 e. The van der Waals surface area contributed by atoms with Crippen LogP contribution in [0.4, 0.5) is 20.3 Å². The SMILES string of the molecule is COC(=O)C1COCCN1C(=O)Cc1ccc(Nc2nc(-c3c(F)cccc3F)nc3c2C(=O)NC3)cc1. The number of ether oxygens (including phenoxy) is 2. The van der Waals surface area contributed by atoms with E-state index in [-0.39, 0.29) is 54.8 Å². The number of benzene rings is 2. The molecule has 1 atom stereocenters. The summed E-state index contributed by atoms with van der Waals surface area (Å²) in [6, 6.07) is 9.47. The Labute approximate surface area is 216 Å². The van der Waals surface area contributed by atoms with Gasteiger partial charge in [-0.1, -0.05) is 18.2 Å². The van der Waals surface area contributed by atoms with Crippen molar-refractivity contribution >= 4 is 29.3 Å². The summed E-state index contributed by atoms with van der Waals surface area (Å²) in [6.07, 6.45) is 0.0514. The summed E-state index contributed by atoms with van der Waals surface area (Å²) < 4.78 is 38.9. The Kier molecular flexibility index (Phi) is 6.97. The number of nitrogens with one attached hydrogen (secondary N) is 2. The lowest BCUT2D eigenvalue weighted by Gasteiger charge is -2.33. The largest absolute Gasteiger partial charge is 0.467 e. The van der Waals surface area contributed by atoms with Crippen molar-refractivity contribution < 1.29 is 32.6 Å². The molecule has 0 spiro atoms. The highest BCUT2D eigenvalue weighted by Gasteiger charge is 2.33. The van der Waals surface area contributed by atoms with Crippen molar-refractivity contribution in [3.05, 3.63) is 70.9 Å². The zero-order valence-electron chi connectivity index (χ0n) is 20.3. The van der Waals surface area contributed by atoms with Crippen LogP contribution in [0.2, 0.25) is 0 Å². The van der Waals surface area contributed by atoms with E-state index in [9.17, 15) is 23.2 Å². The number of morpholine rings is 1. The number of anilines is 2. The van der Waals surface area contributed by atoms with Gasteiger partial charge in [0, 0.05) is 12.2 Å². The summed E-state index contributed by atoms with van der Waals surface area (Å²) in [7, 11) is 1.26. The molecule has 5 rings (SSSR count). The zero-order chi connectivity index (χ0) is 26.8. The van der Waals surface area contributed by atoms with Gasteiger partial charge in [-0.05, 0) is 29.8 Å². The molecule has 1 aromatic heterocycles. The highest BCUT2D eigenvalue weighted by atomic mass is 19.1. The normalized spacial score (nSPS) is 16.6. The highest BCUT2D eigenvalue weighted by Crippen LogP contribution is 2.30. The van der Waals surface area contributed by atoms with Gasteiger partial charge in [0.25, 0.3) is 5.91 Å². The number of halogens is 2. The minimum absolute atomic E-state index is 0.0514. The third kappa shape index (κ3) is 4.90. The molecule has 3 heterocycles. The molecule has 2 aliphatic heterocycles. The number of carbonyl (C=O) groups is 3. The lowest BCUT2D eigenvalue weighted by Crippen LogP contribution is -2.53. The summed E-state index contributed by atoms with van der Waals surface area (Å²) in [5, 5.41) is 5.67. The Hall–Kier alpha value is -4.45. The van der Waals surface area contributed by atoms with Crippen molar-refractivity contribution in [2.75, 3.05) is 32.2 Å². The molecule has 1 fully saturated rings. The Balaban J connectivity index is 1.37.